The highest BCUT2D eigenvalue weighted by Gasteiger charge is 2.07. The van der Waals surface area contributed by atoms with Crippen LogP contribution in [0.15, 0.2) is 48.5 Å². The van der Waals surface area contributed by atoms with Crippen molar-refractivity contribution in [2.75, 3.05) is 27.2 Å². The number of halogens is 1. The molecule has 0 aliphatic heterocycles. The molecule has 0 aliphatic rings. The summed E-state index contributed by atoms with van der Waals surface area (Å²) in [6.07, 6.45) is 0.797. The van der Waals surface area contributed by atoms with Crippen LogP contribution < -0.4 is 10.1 Å². The summed E-state index contributed by atoms with van der Waals surface area (Å²) < 4.78 is 5.14. The molecule has 2 aromatic rings. The number of carbonyl (C=O) groups excluding carboxylic acids is 1. The normalized spacial score (nSPS) is 10.7. The van der Waals surface area contributed by atoms with Crippen molar-refractivity contribution in [3.63, 3.8) is 0 Å². The second kappa shape index (κ2) is 9.30. The summed E-state index contributed by atoms with van der Waals surface area (Å²) >= 11 is 5.85. The monoisotopic (exact) mass is 346 g/mol. The molecular formula is C19H23ClN2O2. The van der Waals surface area contributed by atoms with Crippen LogP contribution in [0.3, 0.4) is 0 Å². The number of nitrogens with one attached hydrogen (secondary N) is 1. The van der Waals surface area contributed by atoms with Crippen LogP contribution in [0.5, 0.6) is 5.75 Å². The number of nitrogens with zero attached hydrogens (tertiary/aromatic N) is 1. The second-order valence-corrected chi connectivity index (χ2v) is 6.18. The Morgan fingerprint density at radius 2 is 1.71 bits per heavy atom. The van der Waals surface area contributed by atoms with Crippen LogP contribution in [-0.4, -0.2) is 38.1 Å². The molecule has 0 spiro atoms. The lowest BCUT2D eigenvalue weighted by molar-refractivity contribution is -0.122. The summed E-state index contributed by atoms with van der Waals surface area (Å²) in [4.78, 5) is 14.0. The number of amides is 1. The third kappa shape index (κ3) is 6.22. The number of rotatable bonds is 8. The van der Waals surface area contributed by atoms with Gasteiger partial charge in [-0.3, -0.25) is 9.69 Å². The SMILES string of the molecule is COc1ccc(CN(C)CC(=O)NCCc2ccc(Cl)cc2)cc1. The van der Waals surface area contributed by atoms with Gasteiger partial charge >= 0.3 is 0 Å². The van der Waals surface area contributed by atoms with E-state index in [1.165, 1.54) is 0 Å². The van der Waals surface area contributed by atoms with Crippen molar-refractivity contribution in [1.82, 2.24) is 10.2 Å². The zero-order chi connectivity index (χ0) is 17.4. The minimum Gasteiger partial charge on any atom is -0.497 e. The average molecular weight is 347 g/mol. The molecule has 0 aromatic heterocycles. The van der Waals surface area contributed by atoms with Crippen LogP contribution in [0, 0.1) is 0 Å². The molecule has 0 radical (unpaired) electrons. The predicted molar refractivity (Wildman–Crippen MR) is 97.5 cm³/mol. The van der Waals surface area contributed by atoms with Crippen molar-refractivity contribution < 1.29 is 9.53 Å². The quantitative estimate of drug-likeness (QED) is 0.798. The number of likely N-dealkylation sites (N-methyl/N-ethyl adjacent to an activating group) is 1. The lowest BCUT2D eigenvalue weighted by Gasteiger charge is -2.16. The van der Waals surface area contributed by atoms with Gasteiger partial charge in [-0.2, -0.15) is 0 Å². The standard InChI is InChI=1S/C19H23ClN2O2/c1-22(13-16-5-9-18(24-2)10-6-16)14-19(23)21-12-11-15-3-7-17(20)8-4-15/h3-10H,11-14H2,1-2H3,(H,21,23). The largest absolute Gasteiger partial charge is 0.497 e. The Balaban J connectivity index is 1.69. The Kier molecular flexibility index (Phi) is 7.09. The molecule has 1 N–H and O–H groups in total. The van der Waals surface area contributed by atoms with Gasteiger partial charge in [0.1, 0.15) is 5.75 Å². The first-order chi connectivity index (χ1) is 11.6. The molecule has 0 unspecified atom stereocenters. The topological polar surface area (TPSA) is 41.6 Å². The van der Waals surface area contributed by atoms with E-state index in [0.29, 0.717) is 19.6 Å². The maximum Gasteiger partial charge on any atom is 0.234 e. The van der Waals surface area contributed by atoms with Crippen molar-refractivity contribution in [1.29, 1.82) is 0 Å². The molecular weight excluding hydrogens is 324 g/mol. The smallest absolute Gasteiger partial charge is 0.234 e. The number of benzene rings is 2. The van der Waals surface area contributed by atoms with E-state index in [0.717, 1.165) is 28.3 Å². The second-order valence-electron chi connectivity index (χ2n) is 5.75. The lowest BCUT2D eigenvalue weighted by Crippen LogP contribution is -2.35. The van der Waals surface area contributed by atoms with Gasteiger partial charge in [0, 0.05) is 18.1 Å². The number of hydrogen-bond donors (Lipinski definition) is 1. The zero-order valence-electron chi connectivity index (χ0n) is 14.1. The van der Waals surface area contributed by atoms with Crippen LogP contribution in [0.1, 0.15) is 11.1 Å². The summed E-state index contributed by atoms with van der Waals surface area (Å²) in [6.45, 7) is 1.71. The fourth-order valence-electron chi connectivity index (χ4n) is 2.40. The Hall–Kier alpha value is -2.04. The molecule has 0 heterocycles. The van der Waals surface area contributed by atoms with Crippen LogP contribution in [-0.2, 0) is 17.8 Å². The number of carbonyl (C=O) groups is 1. The van der Waals surface area contributed by atoms with E-state index >= 15 is 0 Å². The lowest BCUT2D eigenvalue weighted by atomic mass is 10.1. The van der Waals surface area contributed by atoms with E-state index in [9.17, 15) is 4.79 Å². The number of methoxy groups -OCH3 is 1. The fourth-order valence-corrected chi connectivity index (χ4v) is 2.52. The summed E-state index contributed by atoms with van der Waals surface area (Å²) in [5, 5.41) is 3.67. The Labute approximate surface area is 148 Å². The minimum atomic E-state index is 0.0278. The summed E-state index contributed by atoms with van der Waals surface area (Å²) in [5.74, 6) is 0.862. The molecule has 0 fully saturated rings. The highest BCUT2D eigenvalue weighted by Crippen LogP contribution is 2.12. The van der Waals surface area contributed by atoms with Crippen LogP contribution in [0.25, 0.3) is 0 Å². The van der Waals surface area contributed by atoms with Crippen molar-refractivity contribution in [2.45, 2.75) is 13.0 Å². The van der Waals surface area contributed by atoms with E-state index in [1.54, 1.807) is 7.11 Å². The molecule has 4 nitrogen and oxygen atoms in total. The maximum absolute atomic E-state index is 12.0. The molecule has 128 valence electrons. The van der Waals surface area contributed by atoms with Crippen molar-refractivity contribution in [3.05, 3.63) is 64.7 Å². The van der Waals surface area contributed by atoms with Gasteiger partial charge in [0.25, 0.3) is 0 Å². The molecule has 0 bridgehead atoms. The first-order valence-corrected chi connectivity index (χ1v) is 8.27. The highest BCUT2D eigenvalue weighted by atomic mass is 35.5. The molecule has 0 atom stereocenters. The molecule has 0 saturated heterocycles. The zero-order valence-corrected chi connectivity index (χ0v) is 14.8. The summed E-state index contributed by atoms with van der Waals surface area (Å²) in [6, 6.07) is 15.5. The van der Waals surface area contributed by atoms with Gasteiger partial charge in [-0.1, -0.05) is 35.9 Å². The van der Waals surface area contributed by atoms with Crippen LogP contribution in [0.4, 0.5) is 0 Å². The molecule has 0 saturated carbocycles. The van der Waals surface area contributed by atoms with Crippen molar-refractivity contribution >= 4 is 17.5 Å². The van der Waals surface area contributed by atoms with Gasteiger partial charge in [-0.15, -0.1) is 0 Å². The molecule has 2 aromatic carbocycles. The van der Waals surface area contributed by atoms with Gasteiger partial charge in [0.15, 0.2) is 0 Å². The number of hydrogen-bond acceptors (Lipinski definition) is 3. The van der Waals surface area contributed by atoms with Gasteiger partial charge < -0.3 is 10.1 Å². The third-order valence-corrected chi connectivity index (χ3v) is 3.93. The van der Waals surface area contributed by atoms with Gasteiger partial charge in [-0.05, 0) is 48.9 Å². The first-order valence-electron chi connectivity index (χ1n) is 7.89. The number of ether oxygens (including phenoxy) is 1. The van der Waals surface area contributed by atoms with E-state index in [-0.39, 0.29) is 5.91 Å². The maximum atomic E-state index is 12.0. The molecule has 1 amide bonds. The van der Waals surface area contributed by atoms with E-state index in [1.807, 2.05) is 60.5 Å². The first kappa shape index (κ1) is 18.3. The van der Waals surface area contributed by atoms with E-state index < -0.39 is 0 Å². The minimum absolute atomic E-state index is 0.0278. The molecule has 0 aliphatic carbocycles. The molecule has 5 heteroatoms. The Morgan fingerprint density at radius 3 is 2.33 bits per heavy atom. The van der Waals surface area contributed by atoms with E-state index in [4.69, 9.17) is 16.3 Å². The summed E-state index contributed by atoms with van der Waals surface area (Å²) in [7, 11) is 3.58. The molecule has 2 rings (SSSR count). The summed E-state index contributed by atoms with van der Waals surface area (Å²) in [5.41, 5.74) is 2.30. The van der Waals surface area contributed by atoms with E-state index in [2.05, 4.69) is 5.32 Å². The highest BCUT2D eigenvalue weighted by molar-refractivity contribution is 6.30. The van der Waals surface area contributed by atoms with Crippen molar-refractivity contribution in [3.8, 4) is 5.75 Å². The predicted octanol–water partition coefficient (Wildman–Crippen LogP) is 3.14. The van der Waals surface area contributed by atoms with Crippen LogP contribution >= 0.6 is 11.6 Å². The van der Waals surface area contributed by atoms with Crippen LogP contribution in [0.2, 0.25) is 5.02 Å². The Morgan fingerprint density at radius 1 is 1.08 bits per heavy atom. The Bertz CT molecular complexity index is 641. The van der Waals surface area contributed by atoms with Gasteiger partial charge in [0.2, 0.25) is 5.91 Å². The fraction of sp³-hybridized carbons (Fsp3) is 0.316. The van der Waals surface area contributed by atoms with Gasteiger partial charge in [0.05, 0.1) is 13.7 Å². The average Bonchev–Trinajstić information content (AvgIpc) is 2.57. The molecule has 24 heavy (non-hydrogen) atoms. The van der Waals surface area contributed by atoms with Gasteiger partial charge in [-0.25, -0.2) is 0 Å². The van der Waals surface area contributed by atoms with Crippen molar-refractivity contribution in [2.24, 2.45) is 0 Å². The third-order valence-electron chi connectivity index (χ3n) is 3.67.